The van der Waals surface area contributed by atoms with Gasteiger partial charge in [-0.2, -0.15) is 0 Å². The molecule has 0 heterocycles. The van der Waals surface area contributed by atoms with Gasteiger partial charge in [0, 0.05) is 11.1 Å². The average molecular weight is 390 g/mol. The SMILES string of the molecule is CCOc1ccc(OCC(=O)Oc2ccc(C(=O)c3ccccc3)cc2C)cc1. The highest BCUT2D eigenvalue weighted by Gasteiger charge is 2.13. The molecule has 0 bridgehead atoms. The molecule has 3 rings (SSSR count). The summed E-state index contributed by atoms with van der Waals surface area (Å²) in [5.41, 5.74) is 1.85. The largest absolute Gasteiger partial charge is 0.494 e. The van der Waals surface area contributed by atoms with Crippen LogP contribution >= 0.6 is 0 Å². The number of esters is 1. The van der Waals surface area contributed by atoms with E-state index in [9.17, 15) is 9.59 Å². The van der Waals surface area contributed by atoms with E-state index in [4.69, 9.17) is 14.2 Å². The molecule has 0 spiro atoms. The van der Waals surface area contributed by atoms with Gasteiger partial charge < -0.3 is 14.2 Å². The van der Waals surface area contributed by atoms with Gasteiger partial charge in [0.05, 0.1) is 6.61 Å². The van der Waals surface area contributed by atoms with Gasteiger partial charge >= 0.3 is 5.97 Å². The van der Waals surface area contributed by atoms with Crippen LogP contribution in [-0.4, -0.2) is 25.0 Å². The van der Waals surface area contributed by atoms with Crippen LogP contribution in [0.5, 0.6) is 17.2 Å². The van der Waals surface area contributed by atoms with Crippen LogP contribution in [-0.2, 0) is 4.79 Å². The molecule has 29 heavy (non-hydrogen) atoms. The smallest absolute Gasteiger partial charge is 0.349 e. The van der Waals surface area contributed by atoms with Crippen LogP contribution in [0.15, 0.2) is 72.8 Å². The van der Waals surface area contributed by atoms with Gasteiger partial charge in [0.1, 0.15) is 17.2 Å². The number of rotatable bonds is 8. The fraction of sp³-hybridized carbons (Fsp3) is 0.167. The fourth-order valence-corrected chi connectivity index (χ4v) is 2.75. The van der Waals surface area contributed by atoms with E-state index in [1.54, 1.807) is 61.5 Å². The number of carbonyl (C=O) groups is 2. The van der Waals surface area contributed by atoms with Crippen LogP contribution in [0.4, 0.5) is 0 Å². The molecule has 0 aliphatic heterocycles. The lowest BCUT2D eigenvalue weighted by Gasteiger charge is -2.10. The molecule has 0 saturated heterocycles. The van der Waals surface area contributed by atoms with E-state index >= 15 is 0 Å². The van der Waals surface area contributed by atoms with E-state index < -0.39 is 5.97 Å². The van der Waals surface area contributed by atoms with Crippen LogP contribution in [0.3, 0.4) is 0 Å². The zero-order valence-corrected chi connectivity index (χ0v) is 16.4. The summed E-state index contributed by atoms with van der Waals surface area (Å²) in [4.78, 5) is 24.6. The maximum atomic E-state index is 12.5. The summed E-state index contributed by atoms with van der Waals surface area (Å²) in [6, 6.07) is 21.0. The van der Waals surface area contributed by atoms with E-state index in [0.717, 1.165) is 5.75 Å². The number of hydrogen-bond donors (Lipinski definition) is 0. The van der Waals surface area contributed by atoms with Crippen molar-refractivity contribution in [2.24, 2.45) is 0 Å². The predicted molar refractivity (Wildman–Crippen MR) is 110 cm³/mol. The summed E-state index contributed by atoms with van der Waals surface area (Å²) in [6.07, 6.45) is 0. The van der Waals surface area contributed by atoms with Gasteiger partial charge in [-0.3, -0.25) is 4.79 Å². The Hall–Kier alpha value is -3.60. The summed E-state index contributed by atoms with van der Waals surface area (Å²) >= 11 is 0. The molecule has 0 atom stereocenters. The minimum atomic E-state index is -0.524. The molecule has 5 nitrogen and oxygen atoms in total. The van der Waals surface area contributed by atoms with Crippen molar-refractivity contribution in [2.45, 2.75) is 13.8 Å². The molecular formula is C24H22O5. The number of carbonyl (C=O) groups excluding carboxylic acids is 2. The minimum absolute atomic E-state index is 0.0783. The quantitative estimate of drug-likeness (QED) is 0.319. The summed E-state index contributed by atoms with van der Waals surface area (Å²) in [5.74, 6) is 1.08. The first-order chi connectivity index (χ1) is 14.1. The van der Waals surface area contributed by atoms with E-state index in [2.05, 4.69) is 0 Å². The molecule has 5 heteroatoms. The summed E-state index contributed by atoms with van der Waals surface area (Å²) in [5, 5.41) is 0. The second-order valence-electron chi connectivity index (χ2n) is 6.34. The van der Waals surface area contributed by atoms with Crippen LogP contribution in [0.2, 0.25) is 0 Å². The van der Waals surface area contributed by atoms with Crippen molar-refractivity contribution in [3.63, 3.8) is 0 Å². The Balaban J connectivity index is 1.58. The first-order valence-electron chi connectivity index (χ1n) is 9.33. The molecule has 0 radical (unpaired) electrons. The zero-order valence-electron chi connectivity index (χ0n) is 16.4. The minimum Gasteiger partial charge on any atom is -0.494 e. The number of benzene rings is 3. The molecule has 0 unspecified atom stereocenters. The molecule has 0 amide bonds. The Bertz CT molecular complexity index is 978. The molecule has 0 N–H and O–H groups in total. The van der Waals surface area contributed by atoms with Crippen LogP contribution in [0.25, 0.3) is 0 Å². The summed E-state index contributed by atoms with van der Waals surface area (Å²) in [6.45, 7) is 4.06. The molecule has 0 saturated carbocycles. The predicted octanol–water partition coefficient (Wildman–Crippen LogP) is 4.61. The van der Waals surface area contributed by atoms with Gasteiger partial charge in [-0.25, -0.2) is 4.79 Å². The van der Waals surface area contributed by atoms with E-state index in [0.29, 0.717) is 34.8 Å². The number of hydrogen-bond acceptors (Lipinski definition) is 5. The standard InChI is InChI=1S/C24H22O5/c1-3-27-20-10-12-21(13-11-20)28-16-23(25)29-22-14-9-19(15-17(22)2)24(26)18-7-5-4-6-8-18/h4-15H,3,16H2,1-2H3. The highest BCUT2D eigenvalue weighted by Crippen LogP contribution is 2.22. The second-order valence-corrected chi connectivity index (χ2v) is 6.34. The lowest BCUT2D eigenvalue weighted by molar-refractivity contribution is -0.136. The maximum Gasteiger partial charge on any atom is 0.349 e. The molecule has 0 aliphatic carbocycles. The average Bonchev–Trinajstić information content (AvgIpc) is 2.75. The molecule has 0 fully saturated rings. The Morgan fingerprint density at radius 1 is 0.793 bits per heavy atom. The van der Waals surface area contributed by atoms with Crippen molar-refractivity contribution < 1.29 is 23.8 Å². The van der Waals surface area contributed by atoms with Crippen LogP contribution < -0.4 is 14.2 Å². The van der Waals surface area contributed by atoms with Gasteiger partial charge in [-0.1, -0.05) is 30.3 Å². The lowest BCUT2D eigenvalue weighted by atomic mass is 10.0. The van der Waals surface area contributed by atoms with Gasteiger partial charge in [-0.15, -0.1) is 0 Å². The van der Waals surface area contributed by atoms with Crippen molar-refractivity contribution in [1.82, 2.24) is 0 Å². The van der Waals surface area contributed by atoms with Gasteiger partial charge in [0.25, 0.3) is 0 Å². The topological polar surface area (TPSA) is 61.8 Å². The van der Waals surface area contributed by atoms with Crippen molar-refractivity contribution >= 4 is 11.8 Å². The normalized spacial score (nSPS) is 10.3. The maximum absolute atomic E-state index is 12.5. The Kier molecular flexibility index (Phi) is 6.63. The van der Waals surface area contributed by atoms with E-state index in [-0.39, 0.29) is 12.4 Å². The Labute approximate surface area is 169 Å². The number of ether oxygens (including phenoxy) is 3. The molecule has 0 aromatic heterocycles. The summed E-state index contributed by atoms with van der Waals surface area (Å²) < 4.78 is 16.2. The third-order valence-corrected chi connectivity index (χ3v) is 4.19. The van der Waals surface area contributed by atoms with Crippen molar-refractivity contribution in [3.05, 3.63) is 89.5 Å². The summed E-state index contributed by atoms with van der Waals surface area (Å²) in [7, 11) is 0. The van der Waals surface area contributed by atoms with E-state index in [1.165, 1.54) is 0 Å². The Morgan fingerprint density at radius 2 is 1.45 bits per heavy atom. The van der Waals surface area contributed by atoms with Gasteiger partial charge in [0.2, 0.25) is 0 Å². The third kappa shape index (κ3) is 5.45. The lowest BCUT2D eigenvalue weighted by Crippen LogP contribution is -2.18. The van der Waals surface area contributed by atoms with Crippen molar-refractivity contribution in [2.75, 3.05) is 13.2 Å². The van der Waals surface area contributed by atoms with Gasteiger partial charge in [0.15, 0.2) is 12.4 Å². The fourth-order valence-electron chi connectivity index (χ4n) is 2.75. The highest BCUT2D eigenvalue weighted by molar-refractivity contribution is 6.09. The molecule has 0 aliphatic rings. The van der Waals surface area contributed by atoms with Crippen molar-refractivity contribution in [3.8, 4) is 17.2 Å². The Morgan fingerprint density at radius 3 is 2.07 bits per heavy atom. The number of aryl methyl sites for hydroxylation is 1. The molecule has 148 valence electrons. The first kappa shape index (κ1) is 20.1. The highest BCUT2D eigenvalue weighted by atomic mass is 16.6. The van der Waals surface area contributed by atoms with Gasteiger partial charge in [-0.05, 0) is 61.9 Å². The van der Waals surface area contributed by atoms with Crippen molar-refractivity contribution in [1.29, 1.82) is 0 Å². The number of ketones is 1. The third-order valence-electron chi connectivity index (χ3n) is 4.19. The van der Waals surface area contributed by atoms with Crippen LogP contribution in [0.1, 0.15) is 28.4 Å². The second kappa shape index (κ2) is 9.55. The molecule has 3 aromatic carbocycles. The van der Waals surface area contributed by atoms with Crippen LogP contribution in [0, 0.1) is 6.92 Å². The molecule has 3 aromatic rings. The zero-order chi connectivity index (χ0) is 20.6. The van der Waals surface area contributed by atoms with E-state index in [1.807, 2.05) is 25.1 Å². The molecular weight excluding hydrogens is 368 g/mol. The monoisotopic (exact) mass is 390 g/mol. The first-order valence-corrected chi connectivity index (χ1v) is 9.33.